The van der Waals surface area contributed by atoms with Gasteiger partial charge in [0.25, 0.3) is 5.91 Å². The second-order valence-electron chi connectivity index (χ2n) is 5.88. The van der Waals surface area contributed by atoms with E-state index in [1.807, 2.05) is 34.6 Å². The topological polar surface area (TPSA) is 73.7 Å². The Hall–Kier alpha value is -1.63. The zero-order valence-corrected chi connectivity index (χ0v) is 14.9. The predicted octanol–water partition coefficient (Wildman–Crippen LogP) is 3.46. The molecule has 0 unspecified atom stereocenters. The molecule has 1 aromatic heterocycles. The minimum Gasteiger partial charge on any atom is -0.465 e. The molecule has 1 aromatic rings. The van der Waals surface area contributed by atoms with E-state index in [2.05, 4.69) is 4.98 Å². The van der Waals surface area contributed by atoms with Crippen molar-refractivity contribution in [3.63, 3.8) is 0 Å². The third-order valence-electron chi connectivity index (χ3n) is 3.21. The summed E-state index contributed by atoms with van der Waals surface area (Å²) in [6.45, 7) is 12.5. The van der Waals surface area contributed by atoms with Gasteiger partial charge in [0.2, 0.25) is 0 Å². The third kappa shape index (κ3) is 4.19. The summed E-state index contributed by atoms with van der Waals surface area (Å²) in [6.07, 6.45) is -1.04. The van der Waals surface area contributed by atoms with Gasteiger partial charge in [-0.15, -0.1) is 0 Å². The van der Waals surface area contributed by atoms with Gasteiger partial charge in [0.15, 0.2) is 5.13 Å². The van der Waals surface area contributed by atoms with Crippen molar-refractivity contribution in [2.45, 2.75) is 47.6 Å². The molecule has 2 amide bonds. The van der Waals surface area contributed by atoms with Crippen molar-refractivity contribution in [1.82, 2.24) is 9.88 Å². The average Bonchev–Trinajstić information content (AvgIpc) is 2.77. The van der Waals surface area contributed by atoms with Crippen LogP contribution in [0.1, 0.15) is 50.0 Å². The summed E-state index contributed by atoms with van der Waals surface area (Å²) >= 11 is 1.15. The lowest BCUT2D eigenvalue weighted by molar-refractivity contribution is 0.0721. The van der Waals surface area contributed by atoms with Crippen LogP contribution in [0.2, 0.25) is 0 Å². The van der Waals surface area contributed by atoms with E-state index in [-0.39, 0.29) is 17.9 Å². The summed E-state index contributed by atoms with van der Waals surface area (Å²) in [6, 6.07) is 0.0914. The lowest BCUT2D eigenvalue weighted by Crippen LogP contribution is -2.36. The molecule has 1 N–H and O–H groups in total. The van der Waals surface area contributed by atoms with Crippen molar-refractivity contribution < 1.29 is 14.7 Å². The molecule has 0 fully saturated rings. The fourth-order valence-corrected chi connectivity index (χ4v) is 3.20. The summed E-state index contributed by atoms with van der Waals surface area (Å²) < 4.78 is 0. The summed E-state index contributed by atoms with van der Waals surface area (Å²) in [7, 11) is 0. The van der Waals surface area contributed by atoms with Crippen molar-refractivity contribution >= 4 is 28.5 Å². The van der Waals surface area contributed by atoms with Crippen molar-refractivity contribution in [2.24, 2.45) is 5.92 Å². The van der Waals surface area contributed by atoms with Crippen LogP contribution in [-0.4, -0.2) is 46.1 Å². The number of carbonyl (C=O) groups is 2. The molecule has 0 aliphatic rings. The van der Waals surface area contributed by atoms with E-state index in [1.54, 1.807) is 11.8 Å². The Morgan fingerprint density at radius 3 is 2.27 bits per heavy atom. The number of aryl methyl sites for hydroxylation is 1. The first-order valence-electron chi connectivity index (χ1n) is 7.47. The summed E-state index contributed by atoms with van der Waals surface area (Å²) in [5, 5.41) is 9.72. The van der Waals surface area contributed by atoms with Gasteiger partial charge < -0.3 is 10.0 Å². The van der Waals surface area contributed by atoms with Gasteiger partial charge in [0.05, 0.1) is 5.69 Å². The third-order valence-corrected chi connectivity index (χ3v) is 4.38. The highest BCUT2D eigenvalue weighted by atomic mass is 32.1. The van der Waals surface area contributed by atoms with E-state index in [4.69, 9.17) is 0 Å². The fraction of sp³-hybridized carbons (Fsp3) is 0.667. The van der Waals surface area contributed by atoms with Crippen LogP contribution < -0.4 is 4.90 Å². The van der Waals surface area contributed by atoms with E-state index in [1.165, 1.54) is 4.90 Å². The monoisotopic (exact) mass is 327 g/mol. The second-order valence-corrected chi connectivity index (χ2v) is 6.86. The van der Waals surface area contributed by atoms with E-state index in [0.717, 1.165) is 11.3 Å². The number of hydrogen-bond acceptors (Lipinski definition) is 4. The summed E-state index contributed by atoms with van der Waals surface area (Å²) in [4.78, 5) is 31.8. The van der Waals surface area contributed by atoms with Crippen LogP contribution in [0.4, 0.5) is 9.93 Å². The van der Waals surface area contributed by atoms with Gasteiger partial charge in [-0.05, 0) is 33.6 Å². The smallest absolute Gasteiger partial charge is 0.413 e. The lowest BCUT2D eigenvalue weighted by atomic mass is 10.2. The number of anilines is 1. The van der Waals surface area contributed by atoms with Gasteiger partial charge in [-0.2, -0.15) is 0 Å². The number of thiazole rings is 1. The van der Waals surface area contributed by atoms with E-state index < -0.39 is 6.09 Å². The standard InChI is InChI=1S/C15H25N3O3S/c1-7-17(10(4)5)13(19)12-11(6)16-14(22-12)18(15(20)21)8-9(2)3/h9-10H,7-8H2,1-6H3,(H,20,21). The number of nitrogens with zero attached hydrogens (tertiary/aromatic N) is 3. The molecule has 124 valence electrons. The molecule has 0 saturated carbocycles. The molecule has 7 heteroatoms. The van der Waals surface area contributed by atoms with Crippen LogP contribution in [0.3, 0.4) is 0 Å². The number of rotatable bonds is 6. The zero-order chi connectivity index (χ0) is 17.0. The van der Waals surface area contributed by atoms with Gasteiger partial charge in [-0.3, -0.25) is 9.69 Å². The number of carbonyl (C=O) groups excluding carboxylic acids is 1. The van der Waals surface area contributed by atoms with E-state index in [9.17, 15) is 14.7 Å². The highest BCUT2D eigenvalue weighted by molar-refractivity contribution is 7.17. The minimum absolute atomic E-state index is 0.0892. The SMILES string of the molecule is CCN(C(=O)c1sc(N(CC(C)C)C(=O)O)nc1C)C(C)C. The molecular weight excluding hydrogens is 302 g/mol. The van der Waals surface area contributed by atoms with Crippen molar-refractivity contribution in [3.05, 3.63) is 10.6 Å². The molecule has 0 aliphatic carbocycles. The Bertz CT molecular complexity index is 540. The molecule has 0 aromatic carbocycles. The van der Waals surface area contributed by atoms with Crippen LogP contribution in [0.25, 0.3) is 0 Å². The first-order valence-corrected chi connectivity index (χ1v) is 8.29. The van der Waals surface area contributed by atoms with Gasteiger partial charge in [-0.1, -0.05) is 25.2 Å². The molecule has 0 atom stereocenters. The molecule has 1 heterocycles. The van der Waals surface area contributed by atoms with Gasteiger partial charge in [-0.25, -0.2) is 9.78 Å². The van der Waals surface area contributed by atoms with Crippen LogP contribution in [0.15, 0.2) is 0 Å². The number of aromatic nitrogens is 1. The van der Waals surface area contributed by atoms with Crippen molar-refractivity contribution in [3.8, 4) is 0 Å². The Balaban J connectivity index is 3.14. The largest absolute Gasteiger partial charge is 0.465 e. The van der Waals surface area contributed by atoms with Crippen LogP contribution in [0.5, 0.6) is 0 Å². The molecule has 0 saturated heterocycles. The Morgan fingerprint density at radius 2 is 1.86 bits per heavy atom. The number of carboxylic acid groups (broad SMARTS) is 1. The normalized spacial score (nSPS) is 11.1. The summed E-state index contributed by atoms with van der Waals surface area (Å²) in [5.74, 6) is 0.0934. The molecule has 6 nitrogen and oxygen atoms in total. The molecule has 22 heavy (non-hydrogen) atoms. The van der Waals surface area contributed by atoms with Crippen LogP contribution >= 0.6 is 11.3 Å². The summed E-state index contributed by atoms with van der Waals surface area (Å²) in [5.41, 5.74) is 0.583. The highest BCUT2D eigenvalue weighted by Gasteiger charge is 2.26. The average molecular weight is 327 g/mol. The molecule has 0 radical (unpaired) electrons. The Morgan fingerprint density at radius 1 is 1.27 bits per heavy atom. The van der Waals surface area contributed by atoms with Gasteiger partial charge in [0.1, 0.15) is 4.88 Å². The number of hydrogen-bond donors (Lipinski definition) is 1. The van der Waals surface area contributed by atoms with Crippen molar-refractivity contribution in [2.75, 3.05) is 18.0 Å². The maximum absolute atomic E-state index is 12.6. The Labute approximate surface area is 135 Å². The molecule has 1 rings (SSSR count). The second kappa shape index (κ2) is 7.58. The lowest BCUT2D eigenvalue weighted by Gasteiger charge is -2.24. The zero-order valence-electron chi connectivity index (χ0n) is 14.1. The van der Waals surface area contributed by atoms with Crippen LogP contribution in [-0.2, 0) is 0 Å². The molecular formula is C15H25N3O3S. The van der Waals surface area contributed by atoms with Crippen LogP contribution in [0, 0.1) is 12.8 Å². The minimum atomic E-state index is -1.04. The number of amides is 2. The maximum atomic E-state index is 12.6. The van der Waals surface area contributed by atoms with E-state index in [0.29, 0.717) is 28.8 Å². The van der Waals surface area contributed by atoms with Gasteiger partial charge in [0, 0.05) is 19.1 Å². The quantitative estimate of drug-likeness (QED) is 0.868. The first kappa shape index (κ1) is 18.4. The maximum Gasteiger partial charge on any atom is 0.413 e. The predicted molar refractivity (Wildman–Crippen MR) is 88.9 cm³/mol. The van der Waals surface area contributed by atoms with Gasteiger partial charge >= 0.3 is 6.09 Å². The molecule has 0 spiro atoms. The molecule has 0 bridgehead atoms. The fourth-order valence-electron chi connectivity index (χ4n) is 2.17. The van der Waals surface area contributed by atoms with Crippen molar-refractivity contribution in [1.29, 1.82) is 0 Å². The van der Waals surface area contributed by atoms with E-state index >= 15 is 0 Å². The highest BCUT2D eigenvalue weighted by Crippen LogP contribution is 2.28. The Kier molecular flexibility index (Phi) is 6.34. The molecule has 0 aliphatic heterocycles. The first-order chi connectivity index (χ1) is 10.2.